The number of hydrogen-bond donors (Lipinski definition) is 1. The van der Waals surface area contributed by atoms with Crippen molar-refractivity contribution in [3.63, 3.8) is 0 Å². The number of amides is 1. The van der Waals surface area contributed by atoms with E-state index in [9.17, 15) is 4.79 Å². The SMILES string of the molecule is CC1(C)C(/C=C/C=C/C=C2/N(CCCCCC(=O)NCCN=[N+]=[N-])c3ccccc3C2(C)C)=Nc2ccccc21. The van der Waals surface area contributed by atoms with E-state index >= 15 is 0 Å². The summed E-state index contributed by atoms with van der Waals surface area (Å²) in [4.78, 5) is 22.0. The molecule has 2 aliphatic rings. The van der Waals surface area contributed by atoms with E-state index in [4.69, 9.17) is 10.5 Å². The van der Waals surface area contributed by atoms with Gasteiger partial charge in [-0.05, 0) is 53.8 Å². The van der Waals surface area contributed by atoms with E-state index in [0.717, 1.165) is 37.2 Å². The first-order chi connectivity index (χ1) is 19.3. The van der Waals surface area contributed by atoms with Crippen LogP contribution in [0.5, 0.6) is 0 Å². The maximum Gasteiger partial charge on any atom is 0.219 e. The zero-order valence-electron chi connectivity index (χ0n) is 24.1. The van der Waals surface area contributed by atoms with Gasteiger partial charge in [-0.1, -0.05) is 93.9 Å². The predicted octanol–water partition coefficient (Wildman–Crippen LogP) is 7.83. The number of hydrogen-bond acceptors (Lipinski definition) is 4. The lowest BCUT2D eigenvalue weighted by Crippen LogP contribution is -2.27. The van der Waals surface area contributed by atoms with Crippen LogP contribution in [0.3, 0.4) is 0 Å². The third-order valence-corrected chi connectivity index (χ3v) is 7.87. The average Bonchev–Trinajstić information content (AvgIpc) is 3.32. The van der Waals surface area contributed by atoms with Crippen molar-refractivity contribution in [3.05, 3.63) is 106 Å². The summed E-state index contributed by atoms with van der Waals surface area (Å²) in [5.41, 5.74) is 15.4. The summed E-state index contributed by atoms with van der Waals surface area (Å²) in [6.07, 6.45) is 13.9. The first-order valence-electron chi connectivity index (χ1n) is 14.2. The number of para-hydroxylation sites is 2. The van der Waals surface area contributed by atoms with Gasteiger partial charge in [-0.15, -0.1) is 0 Å². The Morgan fingerprint density at radius 3 is 2.50 bits per heavy atom. The molecule has 40 heavy (non-hydrogen) atoms. The minimum absolute atomic E-state index is 0.00963. The molecule has 2 aromatic carbocycles. The van der Waals surface area contributed by atoms with E-state index < -0.39 is 0 Å². The van der Waals surface area contributed by atoms with Crippen LogP contribution in [-0.2, 0) is 15.6 Å². The van der Waals surface area contributed by atoms with Gasteiger partial charge in [0.1, 0.15) is 0 Å². The van der Waals surface area contributed by atoms with E-state index in [1.165, 1.54) is 22.5 Å². The highest BCUT2D eigenvalue weighted by molar-refractivity contribution is 6.08. The third-order valence-electron chi connectivity index (χ3n) is 7.87. The number of carbonyl (C=O) groups excluding carboxylic acids is 1. The molecule has 208 valence electrons. The monoisotopic (exact) mass is 536 g/mol. The Balaban J connectivity index is 1.38. The number of fused-ring (bicyclic) bond motifs is 2. The minimum atomic E-state index is -0.102. The van der Waals surface area contributed by atoms with Gasteiger partial charge >= 0.3 is 0 Å². The molecule has 0 bridgehead atoms. The molecule has 0 unspecified atom stereocenters. The van der Waals surface area contributed by atoms with Crippen LogP contribution in [0.15, 0.2) is 94.7 Å². The Kier molecular flexibility index (Phi) is 9.28. The Bertz CT molecular complexity index is 1390. The maximum atomic E-state index is 12.0. The standard InChI is InChI=1S/C33H40N6O/c1-32(2)25-15-10-12-17-27(25)37-29(32)19-7-5-8-20-30-33(3,4)26-16-11-13-18-28(26)39(30)24-14-6-9-21-31(40)35-22-23-36-38-34/h5,7-8,10-13,15-20H,6,9,14,21-24H2,1-4H3,(H,35,40)/b8-5+,19-7+,30-20+. The highest BCUT2D eigenvalue weighted by Crippen LogP contribution is 2.47. The molecule has 2 aromatic rings. The molecular formula is C33H40N6O. The smallest absolute Gasteiger partial charge is 0.219 e. The summed E-state index contributed by atoms with van der Waals surface area (Å²) in [7, 11) is 0. The molecule has 2 aliphatic heterocycles. The lowest BCUT2D eigenvalue weighted by Gasteiger charge is -2.27. The first kappa shape index (κ1) is 28.9. The quantitative estimate of drug-likeness (QED) is 0.0984. The number of benzene rings is 2. The number of azide groups is 1. The lowest BCUT2D eigenvalue weighted by molar-refractivity contribution is -0.121. The maximum absolute atomic E-state index is 12.0. The fraction of sp³-hybridized carbons (Fsp3) is 0.394. The third kappa shape index (κ3) is 6.37. The van der Waals surface area contributed by atoms with Crippen molar-refractivity contribution in [1.82, 2.24) is 5.32 Å². The molecular weight excluding hydrogens is 496 g/mol. The van der Waals surface area contributed by atoms with Crippen molar-refractivity contribution in [1.29, 1.82) is 0 Å². The second kappa shape index (κ2) is 12.8. The zero-order valence-corrected chi connectivity index (χ0v) is 24.1. The fourth-order valence-electron chi connectivity index (χ4n) is 5.60. The summed E-state index contributed by atoms with van der Waals surface area (Å²) in [5, 5.41) is 6.24. The van der Waals surface area contributed by atoms with Gasteiger partial charge in [-0.2, -0.15) is 0 Å². The van der Waals surface area contributed by atoms with Gasteiger partial charge in [0.2, 0.25) is 5.91 Å². The van der Waals surface area contributed by atoms with Crippen molar-refractivity contribution < 1.29 is 4.79 Å². The average molecular weight is 537 g/mol. The molecule has 1 N–H and O–H groups in total. The number of rotatable bonds is 12. The second-order valence-electron chi connectivity index (χ2n) is 11.3. The van der Waals surface area contributed by atoms with E-state index in [1.54, 1.807) is 0 Å². The highest BCUT2D eigenvalue weighted by atomic mass is 16.1. The summed E-state index contributed by atoms with van der Waals surface area (Å²) in [5.74, 6) is 0.00963. The molecule has 2 heterocycles. The van der Waals surface area contributed by atoms with Crippen LogP contribution in [-0.4, -0.2) is 31.3 Å². The number of allylic oxidation sites excluding steroid dienone is 6. The van der Waals surface area contributed by atoms with Crippen molar-refractivity contribution in [2.24, 2.45) is 10.1 Å². The molecule has 0 radical (unpaired) electrons. The number of anilines is 1. The summed E-state index contributed by atoms with van der Waals surface area (Å²) >= 11 is 0. The van der Waals surface area contributed by atoms with E-state index in [-0.39, 0.29) is 23.3 Å². The Morgan fingerprint density at radius 1 is 0.975 bits per heavy atom. The molecule has 1 amide bonds. The van der Waals surface area contributed by atoms with Crippen LogP contribution in [0.1, 0.15) is 64.5 Å². The van der Waals surface area contributed by atoms with Crippen molar-refractivity contribution in [2.75, 3.05) is 24.5 Å². The molecule has 0 saturated carbocycles. The lowest BCUT2D eigenvalue weighted by atomic mass is 9.81. The van der Waals surface area contributed by atoms with Crippen molar-refractivity contribution in [3.8, 4) is 0 Å². The molecule has 0 fully saturated rings. The zero-order chi connectivity index (χ0) is 28.6. The molecule has 0 spiro atoms. The second-order valence-corrected chi connectivity index (χ2v) is 11.3. The van der Waals surface area contributed by atoms with Crippen LogP contribution >= 0.6 is 0 Å². The van der Waals surface area contributed by atoms with E-state index in [2.05, 4.69) is 121 Å². The Morgan fingerprint density at radius 2 is 1.73 bits per heavy atom. The molecule has 0 aliphatic carbocycles. The summed E-state index contributed by atoms with van der Waals surface area (Å²) < 4.78 is 0. The Hall–Kier alpha value is -4.09. The number of unbranched alkanes of at least 4 members (excludes halogenated alkanes) is 2. The molecule has 0 aromatic heterocycles. The number of aliphatic imine (C=N–C) groups is 1. The van der Waals surface area contributed by atoms with Gasteiger partial charge in [0.25, 0.3) is 0 Å². The van der Waals surface area contributed by atoms with Crippen LogP contribution < -0.4 is 10.2 Å². The van der Waals surface area contributed by atoms with E-state index in [1.807, 2.05) is 6.07 Å². The van der Waals surface area contributed by atoms with Gasteiger partial charge < -0.3 is 10.2 Å². The summed E-state index contributed by atoms with van der Waals surface area (Å²) in [6, 6.07) is 17.0. The first-order valence-corrected chi connectivity index (χ1v) is 14.2. The molecule has 0 saturated heterocycles. The minimum Gasteiger partial charge on any atom is -0.356 e. The number of carbonyl (C=O) groups is 1. The number of nitrogens with zero attached hydrogens (tertiary/aromatic N) is 5. The van der Waals surface area contributed by atoms with Crippen LogP contribution in [0.2, 0.25) is 0 Å². The summed E-state index contributed by atoms with van der Waals surface area (Å²) in [6.45, 7) is 10.6. The van der Waals surface area contributed by atoms with Crippen LogP contribution in [0.4, 0.5) is 11.4 Å². The molecule has 4 rings (SSSR count). The predicted molar refractivity (Wildman–Crippen MR) is 165 cm³/mol. The largest absolute Gasteiger partial charge is 0.356 e. The Labute approximate surface area is 238 Å². The van der Waals surface area contributed by atoms with Gasteiger partial charge in [0.05, 0.1) is 11.4 Å². The fourth-order valence-corrected chi connectivity index (χ4v) is 5.60. The van der Waals surface area contributed by atoms with Gasteiger partial charge in [0, 0.05) is 53.2 Å². The topological polar surface area (TPSA) is 93.5 Å². The van der Waals surface area contributed by atoms with Gasteiger partial charge in [0.15, 0.2) is 0 Å². The van der Waals surface area contributed by atoms with Crippen molar-refractivity contribution >= 4 is 23.0 Å². The van der Waals surface area contributed by atoms with Crippen molar-refractivity contribution in [2.45, 2.75) is 64.2 Å². The van der Waals surface area contributed by atoms with Gasteiger partial charge in [-0.25, -0.2) is 0 Å². The van der Waals surface area contributed by atoms with Gasteiger partial charge in [-0.3, -0.25) is 9.79 Å². The van der Waals surface area contributed by atoms with E-state index in [0.29, 0.717) is 13.0 Å². The van der Waals surface area contributed by atoms with Crippen LogP contribution in [0.25, 0.3) is 10.4 Å². The molecule has 0 atom stereocenters. The molecule has 7 nitrogen and oxygen atoms in total. The normalized spacial score (nSPS) is 17.6. The number of nitrogens with one attached hydrogen (secondary N) is 1. The highest BCUT2D eigenvalue weighted by Gasteiger charge is 2.39. The van der Waals surface area contributed by atoms with Crippen LogP contribution in [0, 0.1) is 0 Å². The molecule has 7 heteroatoms.